The highest BCUT2D eigenvalue weighted by Gasteiger charge is 2.08. The standard InChI is InChI=1S/C24H51NO2.BrH/c1-3-5-7-8-9-10-11-12-13-14-15-16-17-18-19-20-22-25(21-6-4-2)23-24(26)27;/h24,26-27H,3-23H2,1-2H3;1H. The third-order valence-corrected chi connectivity index (χ3v) is 5.58. The number of hydrogen-bond donors (Lipinski definition) is 2. The highest BCUT2D eigenvalue weighted by molar-refractivity contribution is 8.93. The molecule has 28 heavy (non-hydrogen) atoms. The Morgan fingerprint density at radius 2 is 0.821 bits per heavy atom. The quantitative estimate of drug-likeness (QED) is 0.131. The first-order valence-electron chi connectivity index (χ1n) is 12.3. The summed E-state index contributed by atoms with van der Waals surface area (Å²) >= 11 is 0. The van der Waals surface area contributed by atoms with Gasteiger partial charge in [0.1, 0.15) is 0 Å². The number of halogens is 1. The van der Waals surface area contributed by atoms with Gasteiger partial charge in [-0.15, -0.1) is 17.0 Å². The summed E-state index contributed by atoms with van der Waals surface area (Å²) in [6.07, 6.45) is 23.4. The van der Waals surface area contributed by atoms with Gasteiger partial charge >= 0.3 is 0 Å². The van der Waals surface area contributed by atoms with Gasteiger partial charge in [0, 0.05) is 6.54 Å². The first kappa shape index (κ1) is 30.6. The third-order valence-electron chi connectivity index (χ3n) is 5.58. The summed E-state index contributed by atoms with van der Waals surface area (Å²) in [5.41, 5.74) is 0. The zero-order chi connectivity index (χ0) is 20.0. The normalized spacial score (nSPS) is 11.4. The Labute approximate surface area is 187 Å². The largest absolute Gasteiger partial charge is 0.367 e. The number of aliphatic hydroxyl groups is 2. The molecule has 0 aliphatic heterocycles. The predicted molar refractivity (Wildman–Crippen MR) is 129 cm³/mol. The minimum absolute atomic E-state index is 0. The van der Waals surface area contributed by atoms with Crippen molar-refractivity contribution in [1.82, 2.24) is 4.90 Å². The SMILES string of the molecule is Br.CCCCCCCCCCCCCCCCCCN(CCCC)CC(O)O. The molecule has 0 aromatic rings. The molecule has 0 aromatic heterocycles. The average molecular weight is 467 g/mol. The van der Waals surface area contributed by atoms with Crippen LogP contribution in [0.15, 0.2) is 0 Å². The predicted octanol–water partition coefficient (Wildman–Crippen LogP) is 7.24. The Morgan fingerprint density at radius 3 is 1.18 bits per heavy atom. The van der Waals surface area contributed by atoms with Crippen molar-refractivity contribution in [3.05, 3.63) is 0 Å². The second kappa shape index (κ2) is 25.4. The van der Waals surface area contributed by atoms with Crippen LogP contribution in [0.3, 0.4) is 0 Å². The molecule has 0 amide bonds. The van der Waals surface area contributed by atoms with Crippen LogP contribution >= 0.6 is 17.0 Å². The van der Waals surface area contributed by atoms with Gasteiger partial charge in [0.15, 0.2) is 6.29 Å². The van der Waals surface area contributed by atoms with Gasteiger partial charge in [-0.3, -0.25) is 4.90 Å². The van der Waals surface area contributed by atoms with Crippen molar-refractivity contribution in [2.45, 2.75) is 136 Å². The van der Waals surface area contributed by atoms with Crippen molar-refractivity contribution in [3.63, 3.8) is 0 Å². The molecule has 3 nitrogen and oxygen atoms in total. The van der Waals surface area contributed by atoms with E-state index < -0.39 is 6.29 Å². The molecule has 0 bridgehead atoms. The molecule has 0 radical (unpaired) electrons. The van der Waals surface area contributed by atoms with E-state index in [0.29, 0.717) is 6.54 Å². The number of rotatable bonds is 22. The molecule has 0 aromatic carbocycles. The Morgan fingerprint density at radius 1 is 0.500 bits per heavy atom. The van der Waals surface area contributed by atoms with Gasteiger partial charge in [0.2, 0.25) is 0 Å². The molecule has 172 valence electrons. The summed E-state index contributed by atoms with van der Waals surface area (Å²) < 4.78 is 0. The Bertz CT molecular complexity index is 277. The van der Waals surface area contributed by atoms with Gasteiger partial charge < -0.3 is 10.2 Å². The summed E-state index contributed by atoms with van der Waals surface area (Å²) in [6, 6.07) is 0. The van der Waals surface area contributed by atoms with E-state index in [1.54, 1.807) is 0 Å². The Balaban J connectivity index is 0. The van der Waals surface area contributed by atoms with Gasteiger partial charge in [-0.1, -0.05) is 117 Å². The maximum atomic E-state index is 9.17. The molecule has 0 spiro atoms. The van der Waals surface area contributed by atoms with Crippen LogP contribution < -0.4 is 0 Å². The van der Waals surface area contributed by atoms with E-state index in [1.165, 1.54) is 103 Å². The number of nitrogens with zero attached hydrogens (tertiary/aromatic N) is 1. The highest BCUT2D eigenvalue weighted by Crippen LogP contribution is 2.14. The lowest BCUT2D eigenvalue weighted by Gasteiger charge is -2.22. The van der Waals surface area contributed by atoms with Crippen molar-refractivity contribution in [2.75, 3.05) is 19.6 Å². The van der Waals surface area contributed by atoms with Gasteiger partial charge in [0.05, 0.1) is 0 Å². The summed E-state index contributed by atoms with van der Waals surface area (Å²) in [6.45, 7) is 6.87. The number of unbranched alkanes of at least 4 members (excludes halogenated alkanes) is 16. The average Bonchev–Trinajstić information content (AvgIpc) is 2.65. The highest BCUT2D eigenvalue weighted by atomic mass is 79.9. The molecular weight excluding hydrogens is 414 g/mol. The maximum Gasteiger partial charge on any atom is 0.164 e. The van der Waals surface area contributed by atoms with Crippen LogP contribution in [0.4, 0.5) is 0 Å². The molecule has 0 saturated heterocycles. The molecule has 0 aliphatic rings. The van der Waals surface area contributed by atoms with Crippen LogP contribution in [0, 0.1) is 0 Å². The monoisotopic (exact) mass is 465 g/mol. The van der Waals surface area contributed by atoms with Gasteiger partial charge in [-0.05, 0) is 25.9 Å². The fourth-order valence-electron chi connectivity index (χ4n) is 3.79. The van der Waals surface area contributed by atoms with Gasteiger partial charge in [0.25, 0.3) is 0 Å². The smallest absolute Gasteiger partial charge is 0.164 e. The molecule has 4 heteroatoms. The Hall–Kier alpha value is 0.360. The van der Waals surface area contributed by atoms with E-state index in [1.807, 2.05) is 0 Å². The molecular formula is C24H52BrNO2. The molecule has 0 atom stereocenters. The minimum atomic E-state index is -1.19. The molecule has 0 unspecified atom stereocenters. The van der Waals surface area contributed by atoms with Crippen LogP contribution in [0.5, 0.6) is 0 Å². The zero-order valence-corrected chi connectivity index (χ0v) is 20.9. The van der Waals surface area contributed by atoms with Gasteiger partial charge in [-0.25, -0.2) is 0 Å². The van der Waals surface area contributed by atoms with Crippen LogP contribution in [0.25, 0.3) is 0 Å². The van der Waals surface area contributed by atoms with E-state index in [2.05, 4.69) is 18.7 Å². The Kier molecular flexibility index (Phi) is 27.7. The summed E-state index contributed by atoms with van der Waals surface area (Å²) in [7, 11) is 0. The topological polar surface area (TPSA) is 43.7 Å². The van der Waals surface area contributed by atoms with Crippen molar-refractivity contribution < 1.29 is 10.2 Å². The zero-order valence-electron chi connectivity index (χ0n) is 19.2. The van der Waals surface area contributed by atoms with Crippen LogP contribution in [0.2, 0.25) is 0 Å². The lowest BCUT2D eigenvalue weighted by Crippen LogP contribution is -2.33. The van der Waals surface area contributed by atoms with Crippen molar-refractivity contribution in [2.24, 2.45) is 0 Å². The van der Waals surface area contributed by atoms with Crippen LogP contribution in [-0.4, -0.2) is 41.0 Å². The fourth-order valence-corrected chi connectivity index (χ4v) is 3.79. The molecule has 0 fully saturated rings. The van der Waals surface area contributed by atoms with Crippen molar-refractivity contribution in [1.29, 1.82) is 0 Å². The lowest BCUT2D eigenvalue weighted by molar-refractivity contribution is -0.0615. The first-order chi connectivity index (χ1) is 13.2. The summed E-state index contributed by atoms with van der Waals surface area (Å²) in [5.74, 6) is 0. The molecule has 0 heterocycles. The molecule has 0 saturated carbocycles. The first-order valence-corrected chi connectivity index (χ1v) is 12.3. The van der Waals surface area contributed by atoms with Crippen LogP contribution in [-0.2, 0) is 0 Å². The van der Waals surface area contributed by atoms with E-state index in [9.17, 15) is 10.2 Å². The number of aliphatic hydroxyl groups excluding tert-OH is 1. The summed E-state index contributed by atoms with van der Waals surface area (Å²) in [4.78, 5) is 2.21. The van der Waals surface area contributed by atoms with E-state index >= 15 is 0 Å². The molecule has 0 rings (SSSR count). The molecule has 2 N–H and O–H groups in total. The second-order valence-corrected chi connectivity index (χ2v) is 8.44. The maximum absolute atomic E-state index is 9.17. The van der Waals surface area contributed by atoms with Gasteiger partial charge in [-0.2, -0.15) is 0 Å². The fraction of sp³-hybridized carbons (Fsp3) is 1.00. The van der Waals surface area contributed by atoms with Crippen molar-refractivity contribution in [3.8, 4) is 0 Å². The van der Waals surface area contributed by atoms with Crippen LogP contribution in [0.1, 0.15) is 129 Å². The lowest BCUT2D eigenvalue weighted by atomic mass is 10.0. The van der Waals surface area contributed by atoms with E-state index in [-0.39, 0.29) is 17.0 Å². The molecule has 0 aliphatic carbocycles. The minimum Gasteiger partial charge on any atom is -0.367 e. The van der Waals surface area contributed by atoms with E-state index in [0.717, 1.165) is 25.9 Å². The number of hydrogen-bond acceptors (Lipinski definition) is 3. The van der Waals surface area contributed by atoms with E-state index in [4.69, 9.17) is 0 Å². The summed E-state index contributed by atoms with van der Waals surface area (Å²) in [5, 5.41) is 18.3. The third kappa shape index (κ3) is 24.4. The second-order valence-electron chi connectivity index (χ2n) is 8.44. The van der Waals surface area contributed by atoms with Crippen molar-refractivity contribution >= 4 is 17.0 Å².